The van der Waals surface area contributed by atoms with Crippen LogP contribution >= 0.6 is 11.3 Å². The molecule has 0 saturated carbocycles. The van der Waals surface area contributed by atoms with Crippen LogP contribution in [-0.4, -0.2) is 5.94 Å². The highest BCUT2D eigenvalue weighted by Gasteiger charge is 2.01. The van der Waals surface area contributed by atoms with E-state index in [0.717, 1.165) is 4.88 Å². The summed E-state index contributed by atoms with van der Waals surface area (Å²) in [5, 5.41) is 10.2. The average Bonchev–Trinajstić information content (AvgIpc) is 2.52. The summed E-state index contributed by atoms with van der Waals surface area (Å²) in [6, 6.07) is 5.56. The first kappa shape index (κ1) is 7.74. The number of allylic oxidation sites excluding steroid dienone is 1. The van der Waals surface area contributed by atoms with E-state index >= 15 is 0 Å². The normalized spacial score (nSPS) is 8.27. The van der Waals surface area contributed by atoms with Crippen molar-refractivity contribution in [2.45, 2.75) is 6.42 Å². The minimum atomic E-state index is 0.143. The number of carbonyl (C=O) groups excluding carboxylic acids is 1. The van der Waals surface area contributed by atoms with E-state index in [1.807, 2.05) is 23.6 Å². The van der Waals surface area contributed by atoms with Gasteiger partial charge in [-0.1, -0.05) is 6.07 Å². The van der Waals surface area contributed by atoms with Crippen LogP contribution in [0, 0.1) is 11.3 Å². The Hall–Kier alpha value is -1.36. The molecule has 0 aliphatic heterocycles. The molecule has 0 bridgehead atoms. The van der Waals surface area contributed by atoms with Gasteiger partial charge in [-0.15, -0.1) is 11.3 Å². The summed E-state index contributed by atoms with van der Waals surface area (Å²) in [7, 11) is 0. The minimum absolute atomic E-state index is 0.143. The van der Waals surface area contributed by atoms with Crippen molar-refractivity contribution in [3.05, 3.63) is 22.4 Å². The Balaban J connectivity index is 2.92. The number of nitriles is 1. The van der Waals surface area contributed by atoms with Crippen molar-refractivity contribution >= 4 is 22.9 Å². The van der Waals surface area contributed by atoms with Gasteiger partial charge in [0.25, 0.3) is 0 Å². The van der Waals surface area contributed by atoms with Crippen molar-refractivity contribution in [1.29, 1.82) is 5.26 Å². The quantitative estimate of drug-likeness (QED) is 0.624. The molecule has 3 heteroatoms. The Morgan fingerprint density at radius 1 is 1.73 bits per heavy atom. The van der Waals surface area contributed by atoms with Crippen molar-refractivity contribution < 1.29 is 4.79 Å². The molecule has 0 N–H and O–H groups in total. The topological polar surface area (TPSA) is 40.9 Å². The average molecular weight is 163 g/mol. The van der Waals surface area contributed by atoms with Crippen LogP contribution in [-0.2, 0) is 4.79 Å². The lowest BCUT2D eigenvalue weighted by Crippen LogP contribution is -1.77. The van der Waals surface area contributed by atoms with Gasteiger partial charge in [0.05, 0.1) is 18.1 Å². The predicted octanol–water partition coefficient (Wildman–Crippen LogP) is 1.88. The zero-order chi connectivity index (χ0) is 8.10. The summed E-state index contributed by atoms with van der Waals surface area (Å²) in [6.07, 6.45) is 0.143. The first-order valence-corrected chi connectivity index (χ1v) is 3.91. The van der Waals surface area contributed by atoms with Gasteiger partial charge < -0.3 is 0 Å². The Kier molecular flexibility index (Phi) is 2.62. The van der Waals surface area contributed by atoms with Gasteiger partial charge in [0.1, 0.15) is 5.94 Å². The minimum Gasteiger partial charge on any atom is -0.233 e. The van der Waals surface area contributed by atoms with Crippen LogP contribution in [0.25, 0.3) is 5.57 Å². The molecular formula is C8H5NOS. The van der Waals surface area contributed by atoms with Gasteiger partial charge in [0.15, 0.2) is 0 Å². The van der Waals surface area contributed by atoms with Crippen molar-refractivity contribution in [2.24, 2.45) is 0 Å². The van der Waals surface area contributed by atoms with Crippen LogP contribution < -0.4 is 0 Å². The second kappa shape index (κ2) is 3.72. The van der Waals surface area contributed by atoms with E-state index in [2.05, 4.69) is 0 Å². The van der Waals surface area contributed by atoms with Gasteiger partial charge in [0.2, 0.25) is 0 Å². The number of hydrogen-bond acceptors (Lipinski definition) is 3. The Bertz CT molecular complexity index is 314. The summed E-state index contributed by atoms with van der Waals surface area (Å²) in [5.74, 6) is 1.76. The SMILES string of the molecule is N#CCC(=C=O)c1cccs1. The molecule has 0 atom stereocenters. The Morgan fingerprint density at radius 3 is 3.00 bits per heavy atom. The fourth-order valence-corrected chi connectivity index (χ4v) is 1.42. The first-order chi connectivity index (χ1) is 5.38. The molecule has 0 amide bonds. The maximum Gasteiger partial charge on any atom is 0.130 e. The molecule has 1 aromatic rings. The number of nitrogens with zero attached hydrogens (tertiary/aromatic N) is 1. The van der Waals surface area contributed by atoms with Crippen LogP contribution in [0.2, 0.25) is 0 Å². The number of rotatable bonds is 2. The van der Waals surface area contributed by atoms with E-state index < -0.39 is 0 Å². The molecular weight excluding hydrogens is 158 g/mol. The second-order valence-corrected chi connectivity index (χ2v) is 2.84. The van der Waals surface area contributed by atoms with E-state index in [1.165, 1.54) is 11.3 Å². The van der Waals surface area contributed by atoms with Gasteiger partial charge in [0, 0.05) is 4.88 Å². The van der Waals surface area contributed by atoms with Gasteiger partial charge in [-0.3, -0.25) is 0 Å². The van der Waals surface area contributed by atoms with E-state index in [9.17, 15) is 4.79 Å². The second-order valence-electron chi connectivity index (χ2n) is 1.89. The van der Waals surface area contributed by atoms with Gasteiger partial charge in [-0.2, -0.15) is 5.26 Å². The molecule has 0 aliphatic carbocycles. The third-order valence-electron chi connectivity index (χ3n) is 1.20. The predicted molar refractivity (Wildman–Crippen MR) is 43.6 cm³/mol. The highest BCUT2D eigenvalue weighted by Crippen LogP contribution is 2.19. The highest BCUT2D eigenvalue weighted by molar-refractivity contribution is 7.11. The van der Waals surface area contributed by atoms with Gasteiger partial charge in [-0.05, 0) is 11.4 Å². The molecule has 0 spiro atoms. The van der Waals surface area contributed by atoms with Gasteiger partial charge in [-0.25, -0.2) is 4.79 Å². The summed E-state index contributed by atoms with van der Waals surface area (Å²) >= 11 is 1.44. The van der Waals surface area contributed by atoms with E-state index in [1.54, 1.807) is 5.94 Å². The molecule has 11 heavy (non-hydrogen) atoms. The van der Waals surface area contributed by atoms with Crippen molar-refractivity contribution in [3.8, 4) is 6.07 Å². The van der Waals surface area contributed by atoms with Gasteiger partial charge >= 0.3 is 0 Å². The summed E-state index contributed by atoms with van der Waals surface area (Å²) in [5.41, 5.74) is 0.447. The molecule has 54 valence electrons. The Labute approximate surface area is 68.4 Å². The zero-order valence-corrected chi connectivity index (χ0v) is 6.52. The van der Waals surface area contributed by atoms with Crippen LogP contribution in [0.5, 0.6) is 0 Å². The number of hydrogen-bond donors (Lipinski definition) is 0. The van der Waals surface area contributed by atoms with Crippen LogP contribution in [0.1, 0.15) is 11.3 Å². The fourth-order valence-electron chi connectivity index (χ4n) is 0.703. The highest BCUT2D eigenvalue weighted by atomic mass is 32.1. The molecule has 0 unspecified atom stereocenters. The third-order valence-corrected chi connectivity index (χ3v) is 2.13. The maximum atomic E-state index is 10.3. The molecule has 0 radical (unpaired) electrons. The summed E-state index contributed by atoms with van der Waals surface area (Å²) in [4.78, 5) is 11.1. The third kappa shape index (κ3) is 1.78. The molecule has 1 aromatic heterocycles. The fraction of sp³-hybridized carbons (Fsp3) is 0.125. The van der Waals surface area contributed by atoms with Crippen molar-refractivity contribution in [3.63, 3.8) is 0 Å². The monoisotopic (exact) mass is 163 g/mol. The van der Waals surface area contributed by atoms with Crippen molar-refractivity contribution in [2.75, 3.05) is 0 Å². The van der Waals surface area contributed by atoms with Crippen LogP contribution in [0.4, 0.5) is 0 Å². The molecule has 0 aliphatic rings. The van der Waals surface area contributed by atoms with Crippen molar-refractivity contribution in [1.82, 2.24) is 0 Å². The van der Waals surface area contributed by atoms with E-state index in [-0.39, 0.29) is 6.42 Å². The summed E-state index contributed by atoms with van der Waals surface area (Å²) in [6.45, 7) is 0. The molecule has 1 rings (SSSR count). The summed E-state index contributed by atoms with van der Waals surface area (Å²) < 4.78 is 0. The molecule has 2 nitrogen and oxygen atoms in total. The molecule has 0 saturated heterocycles. The van der Waals surface area contributed by atoms with E-state index in [4.69, 9.17) is 5.26 Å². The molecule has 0 fully saturated rings. The van der Waals surface area contributed by atoms with E-state index in [0.29, 0.717) is 5.57 Å². The molecule has 1 heterocycles. The molecule has 0 aromatic carbocycles. The lowest BCUT2D eigenvalue weighted by atomic mass is 10.2. The number of thiophene rings is 1. The Morgan fingerprint density at radius 2 is 2.55 bits per heavy atom. The largest absolute Gasteiger partial charge is 0.233 e. The van der Waals surface area contributed by atoms with Crippen LogP contribution in [0.15, 0.2) is 17.5 Å². The lowest BCUT2D eigenvalue weighted by Gasteiger charge is -1.88. The maximum absolute atomic E-state index is 10.3. The zero-order valence-electron chi connectivity index (χ0n) is 5.70. The standard InChI is InChI=1S/C8H5NOS/c9-4-3-7(6-10)8-2-1-5-11-8/h1-2,5H,3H2. The smallest absolute Gasteiger partial charge is 0.130 e. The lowest BCUT2D eigenvalue weighted by molar-refractivity contribution is 0.569. The first-order valence-electron chi connectivity index (χ1n) is 3.03. The van der Waals surface area contributed by atoms with Crippen LogP contribution in [0.3, 0.4) is 0 Å².